The maximum Gasteiger partial charge on any atom is 0.243 e. The van der Waals surface area contributed by atoms with Gasteiger partial charge in [0.05, 0.1) is 10.3 Å². The molecule has 7 nitrogen and oxygen atoms in total. The Morgan fingerprint density at radius 3 is 2.37 bits per heavy atom. The first kappa shape index (κ1) is 21.3. The van der Waals surface area contributed by atoms with Crippen molar-refractivity contribution >= 4 is 21.8 Å². The molecular formula is C22H31N3O4S. The smallest absolute Gasteiger partial charge is 0.243 e. The Bertz CT molecular complexity index is 888. The minimum Gasteiger partial charge on any atom is -0.352 e. The number of likely N-dealkylation sites (N-methyl/N-ethyl adjacent to an activating group) is 1. The minimum absolute atomic E-state index is 0.00771. The van der Waals surface area contributed by atoms with E-state index in [1.807, 2.05) is 6.92 Å². The molecule has 2 heterocycles. The fourth-order valence-electron chi connectivity index (χ4n) is 5.29. The fraction of sp³-hybridized carbons (Fsp3) is 0.636. The van der Waals surface area contributed by atoms with Crippen LogP contribution in [0.2, 0.25) is 0 Å². The topological polar surface area (TPSA) is 86.8 Å². The van der Waals surface area contributed by atoms with Crippen LogP contribution >= 0.6 is 0 Å². The first-order valence-corrected chi connectivity index (χ1v) is 12.5. The Balaban J connectivity index is 1.46. The predicted molar refractivity (Wildman–Crippen MR) is 113 cm³/mol. The molecule has 1 atom stereocenters. The van der Waals surface area contributed by atoms with Crippen LogP contribution < -0.4 is 5.32 Å². The average molecular weight is 434 g/mol. The molecule has 30 heavy (non-hydrogen) atoms. The van der Waals surface area contributed by atoms with Crippen LogP contribution in [0.25, 0.3) is 0 Å². The zero-order valence-electron chi connectivity index (χ0n) is 17.5. The second-order valence-electron chi connectivity index (χ2n) is 8.80. The standard InChI is InChI=1S/C22H31N3O4S/c1-2-25-19(20(26)23-17-8-6-7-9-17)16-22(21(25)27)12-14-24(15-13-22)30(28,29)18-10-4-3-5-11-18/h3-5,10-11,17,19H,2,6-9,12-16H2,1H3,(H,23,26). The Morgan fingerprint density at radius 2 is 1.77 bits per heavy atom. The second kappa shape index (κ2) is 8.30. The lowest BCUT2D eigenvalue weighted by Gasteiger charge is -2.37. The quantitative estimate of drug-likeness (QED) is 0.771. The Kier molecular flexibility index (Phi) is 5.90. The second-order valence-corrected chi connectivity index (χ2v) is 10.7. The SMILES string of the molecule is CCN1C(=O)C2(CCN(S(=O)(=O)c3ccccc3)CC2)CC1C(=O)NC1CCCC1. The number of amides is 2. The molecule has 1 N–H and O–H groups in total. The molecule has 8 heteroatoms. The summed E-state index contributed by atoms with van der Waals surface area (Å²) in [6.07, 6.45) is 5.70. The summed E-state index contributed by atoms with van der Waals surface area (Å²) in [5.74, 6) is -0.0401. The lowest BCUT2D eigenvalue weighted by Crippen LogP contribution is -2.48. The third-order valence-electron chi connectivity index (χ3n) is 7.08. The third-order valence-corrected chi connectivity index (χ3v) is 8.99. The molecule has 1 aromatic carbocycles. The van der Waals surface area contributed by atoms with Gasteiger partial charge in [-0.05, 0) is 51.2 Å². The van der Waals surface area contributed by atoms with Gasteiger partial charge in [-0.25, -0.2) is 8.42 Å². The van der Waals surface area contributed by atoms with Gasteiger partial charge in [0.15, 0.2) is 0 Å². The number of hydrogen-bond acceptors (Lipinski definition) is 4. The van der Waals surface area contributed by atoms with E-state index in [1.54, 1.807) is 35.2 Å². The number of likely N-dealkylation sites (tertiary alicyclic amines) is 1. The third kappa shape index (κ3) is 3.75. The van der Waals surface area contributed by atoms with Crippen molar-refractivity contribution in [2.24, 2.45) is 5.41 Å². The summed E-state index contributed by atoms with van der Waals surface area (Å²) in [6.45, 7) is 3.01. The van der Waals surface area contributed by atoms with Crippen LogP contribution in [-0.2, 0) is 19.6 Å². The summed E-state index contributed by atoms with van der Waals surface area (Å²) >= 11 is 0. The van der Waals surface area contributed by atoms with E-state index in [0.29, 0.717) is 38.9 Å². The van der Waals surface area contributed by atoms with Crippen molar-refractivity contribution in [2.75, 3.05) is 19.6 Å². The van der Waals surface area contributed by atoms with Crippen molar-refractivity contribution in [2.45, 2.75) is 68.8 Å². The number of hydrogen-bond donors (Lipinski definition) is 1. The molecule has 3 aliphatic rings. The van der Waals surface area contributed by atoms with Crippen LogP contribution in [0.3, 0.4) is 0 Å². The summed E-state index contributed by atoms with van der Waals surface area (Å²) in [5.41, 5.74) is -0.629. The molecule has 164 valence electrons. The highest BCUT2D eigenvalue weighted by Gasteiger charge is 2.55. The van der Waals surface area contributed by atoms with Gasteiger partial charge in [0, 0.05) is 25.7 Å². The van der Waals surface area contributed by atoms with E-state index in [0.717, 1.165) is 25.7 Å². The number of nitrogens with zero attached hydrogens (tertiary/aromatic N) is 2. The Labute approximate surface area is 178 Å². The molecule has 2 saturated heterocycles. The van der Waals surface area contributed by atoms with Gasteiger partial charge in [-0.15, -0.1) is 0 Å². The van der Waals surface area contributed by atoms with Crippen molar-refractivity contribution in [3.05, 3.63) is 30.3 Å². The molecule has 1 aliphatic carbocycles. The molecule has 1 saturated carbocycles. The van der Waals surface area contributed by atoms with Crippen LogP contribution in [0.1, 0.15) is 51.9 Å². The summed E-state index contributed by atoms with van der Waals surface area (Å²) in [6, 6.07) is 8.20. The van der Waals surface area contributed by atoms with E-state index in [2.05, 4.69) is 5.32 Å². The average Bonchev–Trinajstić information content (AvgIpc) is 3.36. The zero-order valence-corrected chi connectivity index (χ0v) is 18.4. The first-order valence-electron chi connectivity index (χ1n) is 11.0. The number of carbonyl (C=O) groups excluding carboxylic acids is 2. The largest absolute Gasteiger partial charge is 0.352 e. The lowest BCUT2D eigenvalue weighted by molar-refractivity contribution is -0.140. The maximum atomic E-state index is 13.3. The monoisotopic (exact) mass is 433 g/mol. The van der Waals surface area contributed by atoms with Crippen molar-refractivity contribution in [3.63, 3.8) is 0 Å². The normalized spacial score (nSPS) is 25.2. The molecule has 1 unspecified atom stereocenters. The summed E-state index contributed by atoms with van der Waals surface area (Å²) in [5, 5.41) is 3.14. The zero-order chi connectivity index (χ0) is 21.4. The van der Waals surface area contributed by atoms with Crippen LogP contribution in [0.4, 0.5) is 0 Å². The van der Waals surface area contributed by atoms with E-state index in [4.69, 9.17) is 0 Å². The highest BCUT2D eigenvalue weighted by Crippen LogP contribution is 2.45. The van der Waals surface area contributed by atoms with Crippen LogP contribution in [0, 0.1) is 5.41 Å². The van der Waals surface area contributed by atoms with Crippen molar-refractivity contribution in [1.82, 2.24) is 14.5 Å². The van der Waals surface area contributed by atoms with Gasteiger partial charge in [-0.2, -0.15) is 4.31 Å². The van der Waals surface area contributed by atoms with E-state index < -0.39 is 21.5 Å². The number of benzene rings is 1. The van der Waals surface area contributed by atoms with Gasteiger partial charge in [0.2, 0.25) is 21.8 Å². The maximum absolute atomic E-state index is 13.3. The molecule has 2 aliphatic heterocycles. The molecule has 2 amide bonds. The minimum atomic E-state index is -3.56. The lowest BCUT2D eigenvalue weighted by atomic mass is 9.76. The first-order chi connectivity index (χ1) is 14.4. The number of rotatable bonds is 5. The summed E-state index contributed by atoms with van der Waals surface area (Å²) in [4.78, 5) is 28.2. The highest BCUT2D eigenvalue weighted by atomic mass is 32.2. The molecule has 0 bridgehead atoms. The Morgan fingerprint density at radius 1 is 1.13 bits per heavy atom. The van der Waals surface area contributed by atoms with Gasteiger partial charge < -0.3 is 10.2 Å². The molecule has 0 radical (unpaired) electrons. The molecule has 1 spiro atoms. The molecule has 4 rings (SSSR count). The van der Waals surface area contributed by atoms with Crippen molar-refractivity contribution < 1.29 is 18.0 Å². The van der Waals surface area contributed by atoms with E-state index in [9.17, 15) is 18.0 Å². The van der Waals surface area contributed by atoms with Crippen molar-refractivity contribution in [3.8, 4) is 0 Å². The fourth-order valence-corrected chi connectivity index (χ4v) is 6.76. The van der Waals surface area contributed by atoms with Gasteiger partial charge in [0.25, 0.3) is 0 Å². The van der Waals surface area contributed by atoms with Gasteiger partial charge in [0.1, 0.15) is 6.04 Å². The van der Waals surface area contributed by atoms with E-state index in [1.165, 1.54) is 4.31 Å². The van der Waals surface area contributed by atoms with E-state index >= 15 is 0 Å². The van der Waals surface area contributed by atoms with Crippen molar-refractivity contribution in [1.29, 1.82) is 0 Å². The molecule has 1 aromatic rings. The number of piperidine rings is 1. The summed E-state index contributed by atoms with van der Waals surface area (Å²) < 4.78 is 27.3. The van der Waals surface area contributed by atoms with Crippen LogP contribution in [0.15, 0.2) is 35.2 Å². The summed E-state index contributed by atoms with van der Waals surface area (Å²) in [7, 11) is -3.56. The number of carbonyl (C=O) groups is 2. The molecular weight excluding hydrogens is 402 g/mol. The van der Waals surface area contributed by atoms with Crippen LogP contribution in [0.5, 0.6) is 0 Å². The molecule has 0 aromatic heterocycles. The van der Waals surface area contributed by atoms with Gasteiger partial charge in [-0.3, -0.25) is 9.59 Å². The number of sulfonamides is 1. The van der Waals surface area contributed by atoms with Gasteiger partial charge in [-0.1, -0.05) is 31.0 Å². The number of nitrogens with one attached hydrogen (secondary N) is 1. The molecule has 3 fully saturated rings. The highest BCUT2D eigenvalue weighted by molar-refractivity contribution is 7.89. The van der Waals surface area contributed by atoms with E-state index in [-0.39, 0.29) is 22.8 Å². The predicted octanol–water partition coefficient (Wildman–Crippen LogP) is 2.14. The van der Waals surface area contributed by atoms with Crippen LogP contribution in [-0.4, -0.2) is 61.2 Å². The van der Waals surface area contributed by atoms with Gasteiger partial charge >= 0.3 is 0 Å². The Hall–Kier alpha value is -1.93.